The number of nitrogens with one attached hydrogen (secondary N) is 1. The molecule has 0 saturated carbocycles. The largest absolute Gasteiger partial charge is 0.485 e. The second-order valence-electron chi connectivity index (χ2n) is 4.61. The van der Waals surface area contributed by atoms with Crippen molar-refractivity contribution < 1.29 is 4.74 Å². The van der Waals surface area contributed by atoms with Gasteiger partial charge in [-0.15, -0.1) is 0 Å². The van der Waals surface area contributed by atoms with Gasteiger partial charge in [0.05, 0.1) is 23.9 Å². The molecule has 0 aliphatic carbocycles. The Morgan fingerprint density at radius 1 is 1.44 bits per heavy atom. The quantitative estimate of drug-likeness (QED) is 0.899. The van der Waals surface area contributed by atoms with Gasteiger partial charge in [0.1, 0.15) is 12.4 Å². The Morgan fingerprint density at radius 3 is 3.22 bits per heavy atom. The summed E-state index contributed by atoms with van der Waals surface area (Å²) in [4.78, 5) is 4.09. The maximum Gasteiger partial charge on any atom is 0.143 e. The molecule has 0 unspecified atom stereocenters. The smallest absolute Gasteiger partial charge is 0.143 e. The van der Waals surface area contributed by atoms with E-state index in [1.54, 1.807) is 6.33 Å². The number of para-hydroxylation sites is 1. The molecule has 0 radical (unpaired) electrons. The van der Waals surface area contributed by atoms with Crippen molar-refractivity contribution in [3.63, 3.8) is 0 Å². The Labute approximate surface area is 107 Å². The average molecular weight is 243 g/mol. The zero-order valence-corrected chi connectivity index (χ0v) is 10.5. The zero-order chi connectivity index (χ0) is 12.4. The molecule has 4 nitrogen and oxygen atoms in total. The van der Waals surface area contributed by atoms with Crippen molar-refractivity contribution in [2.24, 2.45) is 7.05 Å². The van der Waals surface area contributed by atoms with E-state index in [4.69, 9.17) is 4.74 Å². The molecule has 4 heteroatoms. The first-order chi connectivity index (χ1) is 8.84. The maximum atomic E-state index is 5.91. The number of anilines is 1. The topological polar surface area (TPSA) is 39.1 Å². The first-order valence-corrected chi connectivity index (χ1v) is 6.28. The van der Waals surface area contributed by atoms with Crippen molar-refractivity contribution in [2.75, 3.05) is 11.9 Å². The van der Waals surface area contributed by atoms with E-state index in [-0.39, 0.29) is 0 Å². The number of nitrogens with zero attached hydrogens (tertiary/aromatic N) is 2. The number of ether oxygens (including phenoxy) is 1. The molecule has 2 aromatic rings. The molecule has 1 aliphatic rings. The average Bonchev–Trinajstić information content (AvgIpc) is 2.82. The fourth-order valence-corrected chi connectivity index (χ4v) is 2.27. The molecule has 0 atom stereocenters. The Kier molecular flexibility index (Phi) is 2.92. The van der Waals surface area contributed by atoms with Crippen molar-refractivity contribution in [3.05, 3.63) is 42.0 Å². The fourth-order valence-electron chi connectivity index (χ4n) is 2.27. The molecule has 0 saturated heterocycles. The molecule has 0 bridgehead atoms. The van der Waals surface area contributed by atoms with Crippen LogP contribution in [0.1, 0.15) is 17.7 Å². The second kappa shape index (κ2) is 4.72. The lowest BCUT2D eigenvalue weighted by Crippen LogP contribution is -2.13. The summed E-state index contributed by atoms with van der Waals surface area (Å²) in [5.74, 6) is 0.938. The van der Waals surface area contributed by atoms with Crippen LogP contribution in [-0.2, 0) is 20.1 Å². The third-order valence-corrected chi connectivity index (χ3v) is 3.33. The van der Waals surface area contributed by atoms with Crippen LogP contribution in [0.5, 0.6) is 5.75 Å². The second-order valence-corrected chi connectivity index (χ2v) is 4.61. The molecule has 3 rings (SSSR count). The number of hydrogen-bond donors (Lipinski definition) is 1. The van der Waals surface area contributed by atoms with Gasteiger partial charge in [0.2, 0.25) is 0 Å². The van der Waals surface area contributed by atoms with Gasteiger partial charge in [0, 0.05) is 13.6 Å². The van der Waals surface area contributed by atoms with Crippen LogP contribution in [0.15, 0.2) is 30.7 Å². The number of aryl methyl sites for hydroxylation is 2. The van der Waals surface area contributed by atoms with Gasteiger partial charge in [-0.25, -0.2) is 4.98 Å². The van der Waals surface area contributed by atoms with E-state index in [0.717, 1.165) is 30.1 Å². The monoisotopic (exact) mass is 243 g/mol. The van der Waals surface area contributed by atoms with Gasteiger partial charge in [-0.05, 0) is 24.5 Å². The normalized spacial score (nSPS) is 13.8. The van der Waals surface area contributed by atoms with E-state index in [9.17, 15) is 0 Å². The van der Waals surface area contributed by atoms with Crippen molar-refractivity contribution in [1.29, 1.82) is 0 Å². The minimum Gasteiger partial charge on any atom is -0.485 e. The van der Waals surface area contributed by atoms with Gasteiger partial charge in [-0.2, -0.15) is 0 Å². The predicted molar refractivity (Wildman–Crippen MR) is 70.8 cm³/mol. The first-order valence-electron chi connectivity index (χ1n) is 6.28. The molecular weight excluding hydrogens is 226 g/mol. The highest BCUT2D eigenvalue weighted by Gasteiger charge is 2.13. The SMILES string of the molecule is Cn1cncc1COc1cccc2c1NCCC2. The van der Waals surface area contributed by atoms with Crippen molar-refractivity contribution in [1.82, 2.24) is 9.55 Å². The van der Waals surface area contributed by atoms with E-state index in [2.05, 4.69) is 22.4 Å². The van der Waals surface area contributed by atoms with Gasteiger partial charge >= 0.3 is 0 Å². The number of imidazole rings is 1. The van der Waals surface area contributed by atoms with Gasteiger partial charge in [0.15, 0.2) is 0 Å². The molecule has 1 N–H and O–H groups in total. The van der Waals surface area contributed by atoms with Crippen LogP contribution in [0, 0.1) is 0 Å². The highest BCUT2D eigenvalue weighted by atomic mass is 16.5. The van der Waals surface area contributed by atoms with Gasteiger partial charge < -0.3 is 14.6 Å². The lowest BCUT2D eigenvalue weighted by Gasteiger charge is -2.21. The predicted octanol–water partition coefficient (Wildman–Crippen LogP) is 2.36. The fraction of sp³-hybridized carbons (Fsp3) is 0.357. The van der Waals surface area contributed by atoms with Crippen molar-refractivity contribution in [3.8, 4) is 5.75 Å². The lowest BCUT2D eigenvalue weighted by molar-refractivity contribution is 0.298. The van der Waals surface area contributed by atoms with Crippen LogP contribution >= 0.6 is 0 Å². The van der Waals surface area contributed by atoms with Gasteiger partial charge in [-0.3, -0.25) is 0 Å². The summed E-state index contributed by atoms with van der Waals surface area (Å²) in [6, 6.07) is 6.25. The molecule has 1 aromatic carbocycles. The van der Waals surface area contributed by atoms with Crippen LogP contribution in [-0.4, -0.2) is 16.1 Å². The third-order valence-electron chi connectivity index (χ3n) is 3.33. The molecule has 0 amide bonds. The number of fused-ring (bicyclic) bond motifs is 1. The van der Waals surface area contributed by atoms with Gasteiger partial charge in [0.25, 0.3) is 0 Å². The summed E-state index contributed by atoms with van der Waals surface area (Å²) in [7, 11) is 1.98. The molecule has 18 heavy (non-hydrogen) atoms. The number of hydrogen-bond acceptors (Lipinski definition) is 3. The van der Waals surface area contributed by atoms with Crippen molar-refractivity contribution >= 4 is 5.69 Å². The summed E-state index contributed by atoms with van der Waals surface area (Å²) in [6.07, 6.45) is 5.95. The van der Waals surface area contributed by atoms with Crippen LogP contribution in [0.4, 0.5) is 5.69 Å². The summed E-state index contributed by atoms with van der Waals surface area (Å²) >= 11 is 0. The lowest BCUT2D eigenvalue weighted by atomic mass is 10.0. The Bertz CT molecular complexity index is 548. The highest BCUT2D eigenvalue weighted by Crippen LogP contribution is 2.32. The first kappa shape index (κ1) is 11.1. The Balaban J connectivity index is 1.79. The zero-order valence-electron chi connectivity index (χ0n) is 10.5. The molecule has 94 valence electrons. The standard InChI is InChI=1S/C14H17N3O/c1-17-10-15-8-12(17)9-18-13-6-2-4-11-5-3-7-16-14(11)13/h2,4,6,8,10,16H,3,5,7,9H2,1H3. The van der Waals surface area contributed by atoms with Crippen molar-refractivity contribution in [2.45, 2.75) is 19.4 Å². The third kappa shape index (κ3) is 2.06. The summed E-state index contributed by atoms with van der Waals surface area (Å²) in [5.41, 5.74) is 3.58. The molecule has 1 aliphatic heterocycles. The molecule has 2 heterocycles. The van der Waals surface area contributed by atoms with E-state index in [1.807, 2.05) is 23.9 Å². The van der Waals surface area contributed by atoms with E-state index in [0.29, 0.717) is 6.61 Å². The number of benzene rings is 1. The molecule has 1 aromatic heterocycles. The molecule has 0 spiro atoms. The van der Waals surface area contributed by atoms with Crippen LogP contribution in [0.3, 0.4) is 0 Å². The summed E-state index contributed by atoms with van der Waals surface area (Å²) < 4.78 is 7.88. The van der Waals surface area contributed by atoms with E-state index < -0.39 is 0 Å². The van der Waals surface area contributed by atoms with Gasteiger partial charge in [-0.1, -0.05) is 12.1 Å². The number of aromatic nitrogens is 2. The minimum atomic E-state index is 0.550. The summed E-state index contributed by atoms with van der Waals surface area (Å²) in [5, 5.41) is 3.43. The maximum absolute atomic E-state index is 5.91. The Morgan fingerprint density at radius 2 is 2.39 bits per heavy atom. The van der Waals surface area contributed by atoms with Crippen LogP contribution in [0.2, 0.25) is 0 Å². The highest BCUT2D eigenvalue weighted by molar-refractivity contribution is 5.63. The molecular formula is C14H17N3O. The van der Waals surface area contributed by atoms with Crippen LogP contribution in [0.25, 0.3) is 0 Å². The summed E-state index contributed by atoms with van der Waals surface area (Å²) in [6.45, 7) is 1.58. The minimum absolute atomic E-state index is 0.550. The Hall–Kier alpha value is -1.97. The number of rotatable bonds is 3. The molecule has 0 fully saturated rings. The van der Waals surface area contributed by atoms with E-state index >= 15 is 0 Å². The van der Waals surface area contributed by atoms with E-state index in [1.165, 1.54) is 12.0 Å². The van der Waals surface area contributed by atoms with Crippen LogP contribution < -0.4 is 10.1 Å².